The van der Waals surface area contributed by atoms with Crippen molar-refractivity contribution in [2.45, 2.75) is 123 Å². The van der Waals surface area contributed by atoms with E-state index in [0.717, 1.165) is 119 Å². The van der Waals surface area contributed by atoms with Gasteiger partial charge in [-0.15, -0.1) is 0 Å². The molecule has 4 aliphatic rings. The van der Waals surface area contributed by atoms with Crippen molar-refractivity contribution < 1.29 is 28.7 Å². The standard InChI is InChI=1S/C61H69N9O6S/c1-37(68-32-34-69(35-33-68)49-17-10-15-45-54(66-67(6)56(45)49)46-27-29-53(71)64-58(46)73)20-21-39-22-24-41(25-23-39)75-50-18-11-13-42(38(50)2)43-26-28-52(63-55(43)59(74)76-61(3,4)5)70-31-30-40-12-9-14-44(47(40)36-70)57(72)65-60-62-48-16-7-8-19-51(48)77-60/h7-19,26,28,37,39,41,46H,20-25,27,29-36H2,1-6H3,(H,62,65,72)(H,64,71,73). The second-order valence-electron chi connectivity index (χ2n) is 22.4. The number of esters is 1. The van der Waals surface area contributed by atoms with E-state index in [1.807, 2.05) is 105 Å². The number of piperazine rings is 1. The van der Waals surface area contributed by atoms with Crippen molar-refractivity contribution in [2.24, 2.45) is 13.0 Å². The Morgan fingerprint density at radius 3 is 2.39 bits per heavy atom. The summed E-state index contributed by atoms with van der Waals surface area (Å²) in [6.45, 7) is 15.0. The van der Waals surface area contributed by atoms with Crippen molar-refractivity contribution in [1.29, 1.82) is 0 Å². The quantitative estimate of drug-likeness (QED) is 0.0831. The normalized spacial score (nSPS) is 19.7. The molecule has 3 fully saturated rings. The first-order chi connectivity index (χ1) is 37.1. The van der Waals surface area contributed by atoms with Crippen LogP contribution in [0.1, 0.15) is 128 Å². The number of nitrogens with zero attached hydrogens (tertiary/aromatic N) is 7. The molecule has 2 N–H and O–H groups in total. The molecular formula is C61H69N9O6S. The number of pyridine rings is 1. The summed E-state index contributed by atoms with van der Waals surface area (Å²) in [5, 5.41) is 11.9. The first-order valence-electron chi connectivity index (χ1n) is 27.5. The number of rotatable bonds is 13. The number of para-hydroxylation sites is 2. The number of hydrogen-bond donors (Lipinski definition) is 2. The summed E-state index contributed by atoms with van der Waals surface area (Å²) in [7, 11) is 1.95. The van der Waals surface area contributed by atoms with Crippen molar-refractivity contribution in [2.75, 3.05) is 47.8 Å². The predicted octanol–water partition coefficient (Wildman–Crippen LogP) is 10.8. The molecule has 400 valence electrons. The van der Waals surface area contributed by atoms with Gasteiger partial charge in [0.25, 0.3) is 5.91 Å². The first kappa shape index (κ1) is 51.9. The van der Waals surface area contributed by atoms with Crippen LogP contribution in [0.15, 0.2) is 91.0 Å². The van der Waals surface area contributed by atoms with Gasteiger partial charge in [0.15, 0.2) is 10.8 Å². The largest absolute Gasteiger partial charge is 0.490 e. The third-order valence-corrected chi connectivity index (χ3v) is 17.2. The smallest absolute Gasteiger partial charge is 0.358 e. The van der Waals surface area contributed by atoms with Gasteiger partial charge in [-0.1, -0.05) is 59.9 Å². The number of amides is 3. The third kappa shape index (κ3) is 11.0. The van der Waals surface area contributed by atoms with Gasteiger partial charge in [-0.25, -0.2) is 14.8 Å². The Morgan fingerprint density at radius 2 is 1.61 bits per heavy atom. The van der Waals surface area contributed by atoms with Crippen molar-refractivity contribution in [1.82, 2.24) is 30.0 Å². The number of carbonyl (C=O) groups excluding carboxylic acids is 4. The Labute approximate surface area is 454 Å². The molecule has 3 amide bonds. The number of piperidine rings is 1. The minimum atomic E-state index is -0.735. The van der Waals surface area contributed by atoms with Crippen molar-refractivity contribution in [3.63, 3.8) is 0 Å². The van der Waals surface area contributed by atoms with Crippen LogP contribution in [0.2, 0.25) is 0 Å². The van der Waals surface area contributed by atoms with Gasteiger partial charge in [0.1, 0.15) is 17.2 Å². The van der Waals surface area contributed by atoms with Gasteiger partial charge in [0.2, 0.25) is 11.8 Å². The van der Waals surface area contributed by atoms with E-state index in [4.69, 9.17) is 19.6 Å². The Bertz CT molecular complexity index is 3350. The Kier molecular flexibility index (Phi) is 14.6. The molecule has 6 heterocycles. The average Bonchev–Trinajstić information content (AvgIpc) is 4.04. The van der Waals surface area contributed by atoms with Gasteiger partial charge in [0, 0.05) is 75.3 Å². The fourth-order valence-electron chi connectivity index (χ4n) is 12.0. The molecule has 16 heteroatoms. The van der Waals surface area contributed by atoms with E-state index in [2.05, 4.69) is 62.4 Å². The molecule has 1 aliphatic carbocycles. The zero-order valence-corrected chi connectivity index (χ0v) is 45.9. The van der Waals surface area contributed by atoms with Gasteiger partial charge in [0.05, 0.1) is 39.1 Å². The summed E-state index contributed by atoms with van der Waals surface area (Å²) < 4.78 is 15.8. The zero-order chi connectivity index (χ0) is 53.5. The van der Waals surface area contributed by atoms with Gasteiger partial charge >= 0.3 is 5.97 Å². The summed E-state index contributed by atoms with van der Waals surface area (Å²) in [5.41, 5.74) is 8.43. The molecule has 15 nitrogen and oxygen atoms in total. The lowest BCUT2D eigenvalue weighted by Gasteiger charge is -2.40. The average molecular weight is 1060 g/mol. The SMILES string of the molecule is Cc1c(OC2CCC(CCC(C)N3CCN(c4cccc5c(C6CCC(=O)NC6=O)nn(C)c45)CC3)CC2)cccc1-c1ccc(N2CCc3cccc(C(=O)Nc4nc5ccccc5s4)c3C2)nc1C(=O)OC(C)(C)C. The molecule has 0 bridgehead atoms. The van der Waals surface area contributed by atoms with Crippen LogP contribution in [-0.2, 0) is 34.3 Å². The number of thiazole rings is 1. The molecule has 3 aromatic heterocycles. The van der Waals surface area contributed by atoms with Gasteiger partial charge in [-0.2, -0.15) is 5.10 Å². The van der Waals surface area contributed by atoms with Crippen molar-refractivity contribution in [3.8, 4) is 16.9 Å². The molecule has 4 aromatic carbocycles. The maximum Gasteiger partial charge on any atom is 0.358 e. The molecule has 77 heavy (non-hydrogen) atoms. The summed E-state index contributed by atoms with van der Waals surface area (Å²) in [6.07, 6.45) is 8.24. The number of anilines is 3. The Balaban J connectivity index is 0.708. The lowest BCUT2D eigenvalue weighted by molar-refractivity contribution is -0.134. The maximum atomic E-state index is 14.2. The molecule has 2 atom stereocenters. The first-order valence-corrected chi connectivity index (χ1v) is 28.3. The van der Waals surface area contributed by atoms with Crippen LogP contribution in [0.4, 0.5) is 16.6 Å². The molecule has 2 unspecified atom stereocenters. The van der Waals surface area contributed by atoms with Crippen LogP contribution >= 0.6 is 11.3 Å². The number of fused-ring (bicyclic) bond motifs is 3. The highest BCUT2D eigenvalue weighted by atomic mass is 32.1. The molecular weight excluding hydrogens is 987 g/mol. The van der Waals surface area contributed by atoms with Crippen LogP contribution < -0.4 is 25.2 Å². The predicted molar refractivity (Wildman–Crippen MR) is 303 cm³/mol. The van der Waals surface area contributed by atoms with Crippen LogP contribution in [0.25, 0.3) is 32.2 Å². The van der Waals surface area contributed by atoms with E-state index in [0.29, 0.717) is 66.4 Å². The molecule has 1 saturated carbocycles. The second kappa shape index (κ2) is 21.7. The number of aryl methyl sites for hydroxylation is 1. The fourth-order valence-corrected chi connectivity index (χ4v) is 12.9. The minimum absolute atomic E-state index is 0.107. The number of aromatic nitrogens is 4. The maximum absolute atomic E-state index is 14.2. The number of hydrogen-bond acceptors (Lipinski definition) is 13. The highest BCUT2D eigenvalue weighted by molar-refractivity contribution is 7.22. The Morgan fingerprint density at radius 1 is 0.831 bits per heavy atom. The van der Waals surface area contributed by atoms with E-state index < -0.39 is 17.5 Å². The van der Waals surface area contributed by atoms with Gasteiger partial charge < -0.3 is 19.3 Å². The molecule has 11 rings (SSSR count). The molecule has 7 aromatic rings. The molecule has 0 radical (unpaired) electrons. The summed E-state index contributed by atoms with van der Waals surface area (Å²) in [4.78, 5) is 69.5. The molecule has 2 saturated heterocycles. The van der Waals surface area contributed by atoms with E-state index in [1.54, 1.807) is 0 Å². The summed E-state index contributed by atoms with van der Waals surface area (Å²) in [6, 6.07) is 30.5. The third-order valence-electron chi connectivity index (χ3n) is 16.2. The molecule has 3 aliphatic heterocycles. The van der Waals surface area contributed by atoms with Crippen molar-refractivity contribution in [3.05, 3.63) is 125 Å². The van der Waals surface area contributed by atoms with Crippen LogP contribution in [0.3, 0.4) is 0 Å². The number of nitrogens with one attached hydrogen (secondary N) is 2. The highest BCUT2D eigenvalue weighted by Gasteiger charge is 2.34. The fraction of sp³-hybridized carbons (Fsp3) is 0.426. The van der Waals surface area contributed by atoms with Crippen LogP contribution in [0, 0.1) is 12.8 Å². The van der Waals surface area contributed by atoms with Crippen LogP contribution in [0.5, 0.6) is 5.75 Å². The monoisotopic (exact) mass is 1060 g/mol. The second-order valence-corrected chi connectivity index (χ2v) is 23.5. The number of carbonyl (C=O) groups is 4. The number of ether oxygens (including phenoxy) is 2. The lowest BCUT2D eigenvalue weighted by atomic mass is 9.83. The molecule has 0 spiro atoms. The number of benzene rings is 4. The van der Waals surface area contributed by atoms with Crippen LogP contribution in [-0.4, -0.2) is 98.8 Å². The van der Waals surface area contributed by atoms with E-state index in [9.17, 15) is 19.2 Å². The van der Waals surface area contributed by atoms with E-state index in [-0.39, 0.29) is 29.5 Å². The lowest BCUT2D eigenvalue weighted by Crippen LogP contribution is -2.49. The Hall–Kier alpha value is -7.17. The number of imide groups is 1. The van der Waals surface area contributed by atoms with Gasteiger partial charge in [-0.05, 0) is 157 Å². The van der Waals surface area contributed by atoms with E-state index >= 15 is 0 Å². The highest BCUT2D eigenvalue weighted by Crippen LogP contribution is 2.39. The summed E-state index contributed by atoms with van der Waals surface area (Å²) in [5.74, 6) is 0.519. The van der Waals surface area contributed by atoms with Gasteiger partial charge in [-0.3, -0.25) is 34.6 Å². The van der Waals surface area contributed by atoms with E-state index in [1.165, 1.54) is 17.8 Å². The summed E-state index contributed by atoms with van der Waals surface area (Å²) >= 11 is 1.45. The topological polar surface area (TPSA) is 164 Å². The zero-order valence-electron chi connectivity index (χ0n) is 45.1. The minimum Gasteiger partial charge on any atom is -0.490 e. The van der Waals surface area contributed by atoms with Crippen molar-refractivity contribution >= 4 is 72.8 Å².